The molecule has 2 aromatic rings. The van der Waals surface area contributed by atoms with Crippen LogP contribution in [-0.4, -0.2) is 47.6 Å². The summed E-state index contributed by atoms with van der Waals surface area (Å²) in [4.78, 5) is 18.6. The normalized spacial score (nSPS) is 10.2. The molecule has 0 spiro atoms. The highest BCUT2D eigenvalue weighted by Crippen LogP contribution is 2.04. The maximum atomic E-state index is 12.2. The Morgan fingerprint density at radius 1 is 1.24 bits per heavy atom. The Kier molecular flexibility index (Phi) is 7.64. The second-order valence-electron chi connectivity index (χ2n) is 5.69. The Bertz CT molecular complexity index is 735. The molecule has 0 unspecified atom stereocenters. The van der Waals surface area contributed by atoms with Gasteiger partial charge in [-0.2, -0.15) is 0 Å². The summed E-state index contributed by atoms with van der Waals surface area (Å²) in [6, 6.07) is 13.7. The SMILES string of the molecule is CN(CCCNC(=O)c1ncccc1C#CCO)Cc1ccccc1. The molecule has 25 heavy (non-hydrogen) atoms. The van der Waals surface area contributed by atoms with Crippen molar-refractivity contribution in [1.82, 2.24) is 15.2 Å². The first-order valence-corrected chi connectivity index (χ1v) is 8.26. The molecule has 1 heterocycles. The zero-order valence-corrected chi connectivity index (χ0v) is 14.4. The number of benzene rings is 1. The van der Waals surface area contributed by atoms with Crippen LogP contribution in [0.3, 0.4) is 0 Å². The maximum absolute atomic E-state index is 12.2. The molecule has 5 heteroatoms. The van der Waals surface area contributed by atoms with E-state index in [2.05, 4.69) is 46.2 Å². The minimum Gasteiger partial charge on any atom is -0.384 e. The third-order valence-electron chi connectivity index (χ3n) is 3.62. The van der Waals surface area contributed by atoms with Crippen molar-refractivity contribution in [2.24, 2.45) is 0 Å². The van der Waals surface area contributed by atoms with Gasteiger partial charge in [0, 0.05) is 19.3 Å². The van der Waals surface area contributed by atoms with Gasteiger partial charge in [-0.05, 0) is 37.7 Å². The standard InChI is InChI=1S/C20H23N3O2/c1-23(16-17-8-3-2-4-9-17)14-7-13-22-20(25)19-18(11-6-15-24)10-5-12-21-19/h2-5,8-10,12,24H,7,13-16H2,1H3,(H,22,25). The van der Waals surface area contributed by atoms with E-state index in [9.17, 15) is 4.79 Å². The number of amides is 1. The number of aromatic nitrogens is 1. The first-order chi connectivity index (χ1) is 12.2. The van der Waals surface area contributed by atoms with Gasteiger partial charge >= 0.3 is 0 Å². The highest BCUT2D eigenvalue weighted by molar-refractivity contribution is 5.94. The summed E-state index contributed by atoms with van der Waals surface area (Å²) < 4.78 is 0. The fourth-order valence-electron chi connectivity index (χ4n) is 2.43. The molecule has 0 fully saturated rings. The highest BCUT2D eigenvalue weighted by atomic mass is 16.2. The number of carbonyl (C=O) groups excluding carboxylic acids is 1. The van der Waals surface area contributed by atoms with E-state index in [4.69, 9.17) is 5.11 Å². The van der Waals surface area contributed by atoms with Gasteiger partial charge in [-0.25, -0.2) is 4.98 Å². The number of hydrogen-bond donors (Lipinski definition) is 2. The van der Waals surface area contributed by atoms with Gasteiger partial charge < -0.3 is 15.3 Å². The van der Waals surface area contributed by atoms with Crippen molar-refractivity contribution in [3.8, 4) is 11.8 Å². The summed E-state index contributed by atoms with van der Waals surface area (Å²) in [6.45, 7) is 2.09. The van der Waals surface area contributed by atoms with E-state index in [1.165, 1.54) is 5.56 Å². The topological polar surface area (TPSA) is 65.5 Å². The van der Waals surface area contributed by atoms with E-state index in [1.807, 2.05) is 18.2 Å². The molecular formula is C20H23N3O2. The second kappa shape index (κ2) is 10.2. The number of hydrogen-bond acceptors (Lipinski definition) is 4. The lowest BCUT2D eigenvalue weighted by atomic mass is 10.2. The van der Waals surface area contributed by atoms with Crippen LogP contribution in [-0.2, 0) is 6.54 Å². The summed E-state index contributed by atoms with van der Waals surface area (Å²) in [7, 11) is 2.07. The molecule has 0 saturated heterocycles. The molecule has 2 rings (SSSR count). The first kappa shape index (κ1) is 18.7. The fourth-order valence-corrected chi connectivity index (χ4v) is 2.43. The molecule has 0 saturated carbocycles. The van der Waals surface area contributed by atoms with Gasteiger partial charge in [-0.1, -0.05) is 42.2 Å². The van der Waals surface area contributed by atoms with Crippen molar-refractivity contribution < 1.29 is 9.90 Å². The number of nitrogens with zero attached hydrogens (tertiary/aromatic N) is 2. The predicted molar refractivity (Wildman–Crippen MR) is 97.9 cm³/mol. The third kappa shape index (κ3) is 6.38. The molecule has 0 bridgehead atoms. The lowest BCUT2D eigenvalue weighted by Crippen LogP contribution is -2.29. The molecule has 0 aliphatic rings. The van der Waals surface area contributed by atoms with Crippen LogP contribution in [0.4, 0.5) is 0 Å². The Morgan fingerprint density at radius 3 is 2.80 bits per heavy atom. The molecule has 0 aliphatic heterocycles. The molecule has 5 nitrogen and oxygen atoms in total. The zero-order valence-electron chi connectivity index (χ0n) is 14.4. The van der Waals surface area contributed by atoms with Gasteiger partial charge in [0.1, 0.15) is 12.3 Å². The molecule has 0 radical (unpaired) electrons. The Balaban J connectivity index is 1.77. The molecular weight excluding hydrogens is 314 g/mol. The Labute approximate surface area is 148 Å². The number of pyridine rings is 1. The number of aliphatic hydroxyl groups is 1. The van der Waals surface area contributed by atoms with Crippen LogP contribution in [0.1, 0.15) is 28.0 Å². The van der Waals surface area contributed by atoms with Crippen LogP contribution < -0.4 is 5.32 Å². The van der Waals surface area contributed by atoms with E-state index in [0.29, 0.717) is 17.8 Å². The average molecular weight is 337 g/mol. The van der Waals surface area contributed by atoms with E-state index in [1.54, 1.807) is 18.3 Å². The van der Waals surface area contributed by atoms with E-state index < -0.39 is 0 Å². The lowest BCUT2D eigenvalue weighted by Gasteiger charge is -2.16. The summed E-state index contributed by atoms with van der Waals surface area (Å²) >= 11 is 0. The molecule has 2 N–H and O–H groups in total. The van der Waals surface area contributed by atoms with Crippen molar-refractivity contribution >= 4 is 5.91 Å². The van der Waals surface area contributed by atoms with Crippen LogP contribution in [0.2, 0.25) is 0 Å². The average Bonchev–Trinajstić information content (AvgIpc) is 2.64. The zero-order chi connectivity index (χ0) is 17.9. The van der Waals surface area contributed by atoms with Crippen LogP contribution in [0.15, 0.2) is 48.7 Å². The largest absolute Gasteiger partial charge is 0.384 e. The molecule has 130 valence electrons. The second-order valence-corrected chi connectivity index (χ2v) is 5.69. The van der Waals surface area contributed by atoms with E-state index >= 15 is 0 Å². The smallest absolute Gasteiger partial charge is 0.271 e. The monoisotopic (exact) mass is 337 g/mol. The van der Waals surface area contributed by atoms with Gasteiger partial charge in [0.2, 0.25) is 0 Å². The minimum atomic E-state index is -0.246. The lowest BCUT2D eigenvalue weighted by molar-refractivity contribution is 0.0946. The van der Waals surface area contributed by atoms with Crippen molar-refractivity contribution in [2.75, 3.05) is 26.7 Å². The van der Waals surface area contributed by atoms with Crippen LogP contribution in [0.5, 0.6) is 0 Å². The van der Waals surface area contributed by atoms with Crippen molar-refractivity contribution in [3.05, 3.63) is 65.5 Å². The summed E-state index contributed by atoms with van der Waals surface area (Å²) in [5.74, 6) is 5.05. The fraction of sp³-hybridized carbons (Fsp3) is 0.300. The van der Waals surface area contributed by atoms with E-state index in [-0.39, 0.29) is 12.5 Å². The van der Waals surface area contributed by atoms with Crippen molar-refractivity contribution in [2.45, 2.75) is 13.0 Å². The van der Waals surface area contributed by atoms with Crippen molar-refractivity contribution in [1.29, 1.82) is 0 Å². The third-order valence-corrected chi connectivity index (χ3v) is 3.62. The quantitative estimate of drug-likeness (QED) is 0.596. The maximum Gasteiger partial charge on any atom is 0.271 e. The summed E-state index contributed by atoms with van der Waals surface area (Å²) in [5.41, 5.74) is 2.09. The molecule has 1 aromatic carbocycles. The molecule has 1 amide bonds. The van der Waals surface area contributed by atoms with E-state index in [0.717, 1.165) is 19.5 Å². The summed E-state index contributed by atoms with van der Waals surface area (Å²) in [5, 5.41) is 11.7. The Hall–Kier alpha value is -2.68. The number of carbonyl (C=O) groups is 1. The van der Waals surface area contributed by atoms with Gasteiger partial charge in [0.25, 0.3) is 5.91 Å². The Morgan fingerprint density at radius 2 is 2.04 bits per heavy atom. The number of nitrogens with one attached hydrogen (secondary N) is 1. The number of aliphatic hydroxyl groups excluding tert-OH is 1. The minimum absolute atomic E-state index is 0.242. The van der Waals surface area contributed by atoms with Crippen LogP contribution in [0, 0.1) is 11.8 Å². The van der Waals surface area contributed by atoms with Gasteiger partial charge in [0.15, 0.2) is 0 Å². The number of rotatable bonds is 7. The predicted octanol–water partition coefficient (Wildman–Crippen LogP) is 1.68. The van der Waals surface area contributed by atoms with Crippen LogP contribution in [0.25, 0.3) is 0 Å². The highest BCUT2D eigenvalue weighted by Gasteiger charge is 2.10. The first-order valence-electron chi connectivity index (χ1n) is 8.26. The van der Waals surface area contributed by atoms with Gasteiger partial charge in [-0.3, -0.25) is 4.79 Å². The van der Waals surface area contributed by atoms with Crippen LogP contribution >= 0.6 is 0 Å². The van der Waals surface area contributed by atoms with Crippen molar-refractivity contribution in [3.63, 3.8) is 0 Å². The van der Waals surface area contributed by atoms with Gasteiger partial charge in [0.05, 0.1) is 5.56 Å². The summed E-state index contributed by atoms with van der Waals surface area (Å²) in [6.07, 6.45) is 2.41. The van der Waals surface area contributed by atoms with Gasteiger partial charge in [-0.15, -0.1) is 0 Å². The molecule has 0 aliphatic carbocycles. The molecule has 1 aromatic heterocycles. The molecule has 0 atom stereocenters.